The van der Waals surface area contributed by atoms with Crippen LogP contribution in [-0.2, 0) is 0 Å². The number of anilines is 1. The number of hydrogen-bond donors (Lipinski definition) is 1. The summed E-state index contributed by atoms with van der Waals surface area (Å²) in [5.74, 6) is 0. The van der Waals surface area contributed by atoms with Gasteiger partial charge in [0, 0.05) is 12.2 Å². The molecule has 2 rings (SSSR count). The highest BCUT2D eigenvalue weighted by Crippen LogP contribution is 2.21. The van der Waals surface area contributed by atoms with Crippen molar-refractivity contribution in [2.24, 2.45) is 0 Å². The third kappa shape index (κ3) is 1.20. The van der Waals surface area contributed by atoms with Gasteiger partial charge in [-0.25, -0.2) is 0 Å². The van der Waals surface area contributed by atoms with Crippen molar-refractivity contribution in [1.29, 1.82) is 0 Å². The Morgan fingerprint density at radius 3 is 3.17 bits per heavy atom. The van der Waals surface area contributed by atoms with E-state index in [4.69, 9.17) is 0 Å². The second-order valence-corrected chi connectivity index (χ2v) is 3.24. The zero-order valence-electron chi connectivity index (χ0n) is 7.33. The van der Waals surface area contributed by atoms with Gasteiger partial charge in [0.25, 0.3) is 0 Å². The molecule has 0 spiro atoms. The van der Waals surface area contributed by atoms with Gasteiger partial charge in [0.15, 0.2) is 0 Å². The monoisotopic (exact) mass is 160 g/mol. The molecule has 1 unspecified atom stereocenters. The van der Waals surface area contributed by atoms with Gasteiger partial charge in [-0.3, -0.25) is 4.98 Å². The van der Waals surface area contributed by atoms with Crippen LogP contribution in [0.3, 0.4) is 0 Å². The molecule has 0 aliphatic carbocycles. The Kier molecular flexibility index (Phi) is 1.61. The molecule has 1 aromatic rings. The SMILES string of the molecule is Cc1cnc2c(c1)NC(C)C=C2. The van der Waals surface area contributed by atoms with Crippen LogP contribution >= 0.6 is 0 Å². The quantitative estimate of drug-likeness (QED) is 0.629. The van der Waals surface area contributed by atoms with Gasteiger partial charge in [0.2, 0.25) is 0 Å². The smallest absolute Gasteiger partial charge is 0.0858 e. The Balaban J connectivity index is 2.47. The Morgan fingerprint density at radius 2 is 2.33 bits per heavy atom. The summed E-state index contributed by atoms with van der Waals surface area (Å²) in [5, 5.41) is 3.35. The van der Waals surface area contributed by atoms with Gasteiger partial charge >= 0.3 is 0 Å². The molecule has 62 valence electrons. The highest BCUT2D eigenvalue weighted by atomic mass is 14.9. The molecule has 1 aromatic heterocycles. The summed E-state index contributed by atoms with van der Waals surface area (Å²) in [6.07, 6.45) is 6.07. The minimum absolute atomic E-state index is 0.418. The van der Waals surface area contributed by atoms with Gasteiger partial charge in [-0.15, -0.1) is 0 Å². The molecule has 0 saturated heterocycles. The van der Waals surface area contributed by atoms with E-state index in [1.54, 1.807) is 0 Å². The lowest BCUT2D eigenvalue weighted by atomic mass is 10.1. The highest BCUT2D eigenvalue weighted by molar-refractivity contribution is 5.68. The lowest BCUT2D eigenvalue weighted by molar-refractivity contribution is 0.981. The lowest BCUT2D eigenvalue weighted by Gasteiger charge is -2.18. The molecule has 0 saturated carbocycles. The fourth-order valence-electron chi connectivity index (χ4n) is 1.36. The zero-order chi connectivity index (χ0) is 8.55. The van der Waals surface area contributed by atoms with E-state index in [-0.39, 0.29) is 0 Å². The molecule has 2 heterocycles. The standard InChI is InChI=1S/C10H12N2/c1-7-5-10-9(11-6-7)4-3-8(2)12-10/h3-6,8,12H,1-2H3. The topological polar surface area (TPSA) is 24.9 Å². The molecule has 2 heteroatoms. The fourth-order valence-corrected chi connectivity index (χ4v) is 1.36. The van der Waals surface area contributed by atoms with Gasteiger partial charge in [-0.2, -0.15) is 0 Å². The lowest BCUT2D eigenvalue weighted by Crippen LogP contribution is -2.16. The average Bonchev–Trinajstić information content (AvgIpc) is 2.03. The summed E-state index contributed by atoms with van der Waals surface area (Å²) in [4.78, 5) is 4.30. The van der Waals surface area contributed by atoms with Gasteiger partial charge < -0.3 is 5.32 Å². The molecule has 0 bridgehead atoms. The van der Waals surface area contributed by atoms with E-state index in [1.807, 2.05) is 6.20 Å². The molecule has 0 aromatic carbocycles. The Bertz CT molecular complexity index is 329. The van der Waals surface area contributed by atoms with Crippen molar-refractivity contribution in [3.8, 4) is 0 Å². The Hall–Kier alpha value is -1.31. The molecule has 12 heavy (non-hydrogen) atoms. The second-order valence-electron chi connectivity index (χ2n) is 3.24. The highest BCUT2D eigenvalue weighted by Gasteiger charge is 2.08. The molecular weight excluding hydrogens is 148 g/mol. The van der Waals surface area contributed by atoms with Crippen LogP contribution in [0.25, 0.3) is 6.08 Å². The minimum Gasteiger partial charge on any atom is -0.377 e. The average molecular weight is 160 g/mol. The van der Waals surface area contributed by atoms with Gasteiger partial charge in [-0.1, -0.05) is 6.08 Å². The van der Waals surface area contributed by atoms with Crippen molar-refractivity contribution >= 4 is 11.8 Å². The van der Waals surface area contributed by atoms with Gasteiger partial charge in [0.05, 0.1) is 11.4 Å². The first-order valence-electron chi connectivity index (χ1n) is 4.17. The van der Waals surface area contributed by atoms with Crippen molar-refractivity contribution in [2.75, 3.05) is 5.32 Å². The first-order valence-corrected chi connectivity index (χ1v) is 4.17. The molecule has 1 atom stereocenters. The van der Waals surface area contributed by atoms with Crippen LogP contribution in [-0.4, -0.2) is 11.0 Å². The Labute approximate surface area is 72.3 Å². The van der Waals surface area contributed by atoms with Crippen molar-refractivity contribution in [1.82, 2.24) is 4.98 Å². The fraction of sp³-hybridized carbons (Fsp3) is 0.300. The number of aryl methyl sites for hydroxylation is 1. The molecular formula is C10H12N2. The molecule has 1 aliphatic rings. The number of fused-ring (bicyclic) bond motifs is 1. The molecule has 1 aliphatic heterocycles. The largest absolute Gasteiger partial charge is 0.377 e. The molecule has 2 nitrogen and oxygen atoms in total. The predicted molar refractivity (Wildman–Crippen MR) is 51.1 cm³/mol. The van der Waals surface area contributed by atoms with Crippen LogP contribution in [0, 0.1) is 6.92 Å². The molecule has 0 amide bonds. The van der Waals surface area contributed by atoms with E-state index in [0.29, 0.717) is 6.04 Å². The maximum absolute atomic E-state index is 4.30. The number of nitrogens with zero attached hydrogens (tertiary/aromatic N) is 1. The summed E-state index contributed by atoms with van der Waals surface area (Å²) < 4.78 is 0. The number of aromatic nitrogens is 1. The predicted octanol–water partition coefficient (Wildman–Crippen LogP) is 2.22. The third-order valence-corrected chi connectivity index (χ3v) is 1.98. The van der Waals surface area contributed by atoms with Gasteiger partial charge in [-0.05, 0) is 31.6 Å². The van der Waals surface area contributed by atoms with E-state index in [0.717, 1.165) is 11.4 Å². The van der Waals surface area contributed by atoms with Gasteiger partial charge in [0.1, 0.15) is 0 Å². The van der Waals surface area contributed by atoms with Crippen molar-refractivity contribution in [3.63, 3.8) is 0 Å². The van der Waals surface area contributed by atoms with E-state index in [2.05, 4.69) is 42.4 Å². The maximum atomic E-state index is 4.30. The van der Waals surface area contributed by atoms with Crippen molar-refractivity contribution < 1.29 is 0 Å². The van der Waals surface area contributed by atoms with Crippen LogP contribution in [0.2, 0.25) is 0 Å². The van der Waals surface area contributed by atoms with Crippen molar-refractivity contribution in [2.45, 2.75) is 19.9 Å². The minimum atomic E-state index is 0.418. The summed E-state index contributed by atoms with van der Waals surface area (Å²) in [6.45, 7) is 4.18. The number of rotatable bonds is 0. The second kappa shape index (κ2) is 2.63. The van der Waals surface area contributed by atoms with E-state index in [9.17, 15) is 0 Å². The van der Waals surface area contributed by atoms with Crippen LogP contribution in [0.15, 0.2) is 18.3 Å². The molecule has 0 fully saturated rings. The van der Waals surface area contributed by atoms with E-state index in [1.165, 1.54) is 5.56 Å². The molecule has 1 N–H and O–H groups in total. The van der Waals surface area contributed by atoms with Crippen LogP contribution in [0.5, 0.6) is 0 Å². The van der Waals surface area contributed by atoms with Crippen LogP contribution in [0.4, 0.5) is 5.69 Å². The summed E-state index contributed by atoms with van der Waals surface area (Å²) in [5.41, 5.74) is 3.38. The first kappa shape index (κ1) is 7.35. The normalized spacial score (nSPS) is 20.0. The number of nitrogens with one attached hydrogen (secondary N) is 1. The molecule has 0 radical (unpaired) electrons. The maximum Gasteiger partial charge on any atom is 0.0858 e. The summed E-state index contributed by atoms with van der Waals surface area (Å²) >= 11 is 0. The number of pyridine rings is 1. The van der Waals surface area contributed by atoms with E-state index < -0.39 is 0 Å². The van der Waals surface area contributed by atoms with Crippen LogP contribution < -0.4 is 5.32 Å². The van der Waals surface area contributed by atoms with Crippen LogP contribution in [0.1, 0.15) is 18.2 Å². The van der Waals surface area contributed by atoms with E-state index >= 15 is 0 Å². The van der Waals surface area contributed by atoms with Crippen molar-refractivity contribution in [3.05, 3.63) is 29.6 Å². The Morgan fingerprint density at radius 1 is 1.50 bits per heavy atom. The zero-order valence-corrected chi connectivity index (χ0v) is 7.33. The number of hydrogen-bond acceptors (Lipinski definition) is 2. The third-order valence-electron chi connectivity index (χ3n) is 1.98. The summed E-state index contributed by atoms with van der Waals surface area (Å²) in [7, 11) is 0. The first-order chi connectivity index (χ1) is 5.75. The summed E-state index contributed by atoms with van der Waals surface area (Å²) in [6, 6.07) is 2.54.